The van der Waals surface area contributed by atoms with E-state index in [1.54, 1.807) is 0 Å². The summed E-state index contributed by atoms with van der Waals surface area (Å²) >= 11 is 0. The zero-order chi connectivity index (χ0) is 17.6. The molecule has 1 amide bonds. The number of rotatable bonds is 4. The second-order valence-electron chi connectivity index (χ2n) is 11.0. The van der Waals surface area contributed by atoms with Gasteiger partial charge in [-0.1, -0.05) is 38.5 Å². The van der Waals surface area contributed by atoms with Crippen molar-refractivity contribution in [2.75, 3.05) is 0 Å². The molecule has 4 bridgehead atoms. The summed E-state index contributed by atoms with van der Waals surface area (Å²) in [5.74, 6) is 3.47. The van der Waals surface area contributed by atoms with Crippen LogP contribution in [0.2, 0.25) is 0 Å². The lowest BCUT2D eigenvalue weighted by Crippen LogP contribution is -2.52. The van der Waals surface area contributed by atoms with Crippen molar-refractivity contribution in [2.24, 2.45) is 23.2 Å². The van der Waals surface area contributed by atoms with Crippen LogP contribution in [0.3, 0.4) is 0 Å². The molecule has 0 aromatic carbocycles. The molecule has 6 aliphatic carbocycles. The number of hydrogen-bond donors (Lipinski definition) is 0. The van der Waals surface area contributed by atoms with Gasteiger partial charge < -0.3 is 4.90 Å². The third kappa shape index (κ3) is 3.35. The first-order valence-electron chi connectivity index (χ1n) is 12.0. The first-order valence-corrected chi connectivity index (χ1v) is 12.0. The molecular formula is C24H39NO. The van der Waals surface area contributed by atoms with Crippen molar-refractivity contribution in [3.8, 4) is 0 Å². The summed E-state index contributed by atoms with van der Waals surface area (Å²) in [4.78, 5) is 16.2. The van der Waals surface area contributed by atoms with Gasteiger partial charge in [-0.2, -0.15) is 0 Å². The fourth-order valence-electron chi connectivity index (χ4n) is 8.34. The fraction of sp³-hybridized carbons (Fsp3) is 0.958. The topological polar surface area (TPSA) is 20.3 Å². The standard InChI is InChI=1S/C24H39NO/c26-23(17-24-14-18-11-19(15-24)13-20(12-18)16-24)25(21-7-3-1-4-8-21)22-9-5-2-6-10-22/h18-22H,1-17H2. The molecule has 6 rings (SSSR count). The number of carbonyl (C=O) groups is 1. The Morgan fingerprint density at radius 2 is 1.12 bits per heavy atom. The highest BCUT2D eigenvalue weighted by atomic mass is 16.2. The molecule has 2 heteroatoms. The van der Waals surface area contributed by atoms with Gasteiger partial charge in [0.2, 0.25) is 5.91 Å². The predicted molar refractivity (Wildman–Crippen MR) is 106 cm³/mol. The summed E-state index contributed by atoms with van der Waals surface area (Å²) in [6, 6.07) is 1.15. The molecule has 0 spiro atoms. The van der Waals surface area contributed by atoms with Gasteiger partial charge >= 0.3 is 0 Å². The second-order valence-corrected chi connectivity index (χ2v) is 11.0. The molecule has 0 saturated heterocycles. The normalized spacial score (nSPS) is 40.7. The van der Waals surface area contributed by atoms with Crippen LogP contribution in [-0.4, -0.2) is 22.9 Å². The molecule has 6 saturated carbocycles. The van der Waals surface area contributed by atoms with E-state index in [4.69, 9.17) is 0 Å². The summed E-state index contributed by atoms with van der Waals surface area (Å²) in [7, 11) is 0. The first kappa shape index (κ1) is 17.6. The van der Waals surface area contributed by atoms with Crippen LogP contribution in [0.5, 0.6) is 0 Å². The molecule has 146 valence electrons. The van der Waals surface area contributed by atoms with Crippen molar-refractivity contribution in [3.63, 3.8) is 0 Å². The van der Waals surface area contributed by atoms with Crippen molar-refractivity contribution in [2.45, 2.75) is 121 Å². The maximum atomic E-state index is 13.8. The molecular weight excluding hydrogens is 318 g/mol. The average molecular weight is 358 g/mol. The Bertz CT molecular complexity index is 461. The summed E-state index contributed by atoms with van der Waals surface area (Å²) in [5.41, 5.74) is 0.410. The lowest BCUT2D eigenvalue weighted by Gasteiger charge is -2.57. The molecule has 0 atom stereocenters. The van der Waals surface area contributed by atoms with Gasteiger partial charge in [0, 0.05) is 18.5 Å². The molecule has 0 radical (unpaired) electrons. The lowest BCUT2D eigenvalue weighted by molar-refractivity contribution is -0.146. The quantitative estimate of drug-likeness (QED) is 0.596. The number of amides is 1. The zero-order valence-electron chi connectivity index (χ0n) is 16.8. The molecule has 26 heavy (non-hydrogen) atoms. The third-order valence-corrected chi connectivity index (χ3v) is 8.92. The maximum Gasteiger partial charge on any atom is 0.223 e. The molecule has 0 heterocycles. The van der Waals surface area contributed by atoms with Gasteiger partial charge in [-0.3, -0.25) is 4.79 Å². The Morgan fingerprint density at radius 3 is 1.54 bits per heavy atom. The van der Waals surface area contributed by atoms with E-state index in [9.17, 15) is 4.79 Å². The highest BCUT2D eigenvalue weighted by Gasteiger charge is 2.52. The van der Waals surface area contributed by atoms with Crippen LogP contribution < -0.4 is 0 Å². The van der Waals surface area contributed by atoms with E-state index < -0.39 is 0 Å². The van der Waals surface area contributed by atoms with Crippen molar-refractivity contribution in [3.05, 3.63) is 0 Å². The summed E-state index contributed by atoms with van der Waals surface area (Å²) in [6.45, 7) is 0. The van der Waals surface area contributed by atoms with Gasteiger partial charge in [-0.15, -0.1) is 0 Å². The smallest absolute Gasteiger partial charge is 0.223 e. The van der Waals surface area contributed by atoms with Crippen molar-refractivity contribution in [1.29, 1.82) is 0 Å². The van der Waals surface area contributed by atoms with Gasteiger partial charge in [-0.25, -0.2) is 0 Å². The predicted octanol–water partition coefficient (Wildman–Crippen LogP) is 6.09. The Labute approximate surface area is 160 Å². The molecule has 0 unspecified atom stereocenters. The van der Waals surface area contributed by atoms with E-state index >= 15 is 0 Å². The summed E-state index contributed by atoms with van der Waals surface area (Å²) in [5, 5.41) is 0. The number of hydrogen-bond acceptors (Lipinski definition) is 1. The fourth-order valence-corrected chi connectivity index (χ4v) is 8.34. The van der Waals surface area contributed by atoms with Crippen molar-refractivity contribution in [1.82, 2.24) is 4.90 Å². The minimum Gasteiger partial charge on any atom is -0.337 e. The summed E-state index contributed by atoms with van der Waals surface area (Å²) < 4.78 is 0. The van der Waals surface area contributed by atoms with E-state index in [0.717, 1.165) is 24.2 Å². The van der Waals surface area contributed by atoms with Crippen LogP contribution in [0.15, 0.2) is 0 Å². The highest BCUT2D eigenvalue weighted by Crippen LogP contribution is 2.61. The van der Waals surface area contributed by atoms with Gasteiger partial charge in [-0.05, 0) is 87.4 Å². The third-order valence-electron chi connectivity index (χ3n) is 8.92. The zero-order valence-corrected chi connectivity index (χ0v) is 16.8. The van der Waals surface area contributed by atoms with E-state index in [0.29, 0.717) is 23.4 Å². The van der Waals surface area contributed by atoms with E-state index in [1.165, 1.54) is 103 Å². The summed E-state index contributed by atoms with van der Waals surface area (Å²) in [6.07, 6.45) is 22.8. The van der Waals surface area contributed by atoms with Crippen molar-refractivity contribution >= 4 is 5.91 Å². The van der Waals surface area contributed by atoms with E-state index in [1.807, 2.05) is 0 Å². The van der Waals surface area contributed by atoms with Gasteiger partial charge in [0.1, 0.15) is 0 Å². The van der Waals surface area contributed by atoms with Gasteiger partial charge in [0.25, 0.3) is 0 Å². The van der Waals surface area contributed by atoms with E-state index in [2.05, 4.69) is 4.90 Å². The van der Waals surface area contributed by atoms with Crippen LogP contribution in [0.4, 0.5) is 0 Å². The Kier molecular flexibility index (Phi) is 4.82. The van der Waals surface area contributed by atoms with Crippen LogP contribution in [0.25, 0.3) is 0 Å². The lowest BCUT2D eigenvalue weighted by atomic mass is 9.49. The molecule has 0 N–H and O–H groups in total. The molecule has 0 aromatic rings. The van der Waals surface area contributed by atoms with Crippen LogP contribution in [-0.2, 0) is 4.79 Å². The Morgan fingerprint density at radius 1 is 0.692 bits per heavy atom. The van der Waals surface area contributed by atoms with Crippen molar-refractivity contribution < 1.29 is 4.79 Å². The highest BCUT2D eigenvalue weighted by molar-refractivity contribution is 5.78. The van der Waals surface area contributed by atoms with Gasteiger partial charge in [0.05, 0.1) is 0 Å². The van der Waals surface area contributed by atoms with E-state index in [-0.39, 0.29) is 0 Å². The molecule has 0 aromatic heterocycles. The second kappa shape index (κ2) is 7.13. The molecule has 6 aliphatic rings. The first-order chi connectivity index (χ1) is 12.7. The maximum absolute atomic E-state index is 13.8. The van der Waals surface area contributed by atoms with Gasteiger partial charge in [0.15, 0.2) is 0 Å². The number of carbonyl (C=O) groups excluding carboxylic acids is 1. The average Bonchev–Trinajstić information content (AvgIpc) is 2.62. The monoisotopic (exact) mass is 357 g/mol. The minimum absolute atomic E-state index is 0.410. The molecule has 6 fully saturated rings. The molecule has 2 nitrogen and oxygen atoms in total. The largest absolute Gasteiger partial charge is 0.337 e. The Balaban J connectivity index is 1.33. The SMILES string of the molecule is O=C(CC12CC3CC(CC(C3)C1)C2)N(C1CCCCC1)C1CCCCC1. The van der Waals surface area contributed by atoms with Crippen LogP contribution in [0.1, 0.15) is 109 Å². The van der Waals surface area contributed by atoms with Crippen LogP contribution in [0, 0.1) is 23.2 Å². The molecule has 0 aliphatic heterocycles. The Hall–Kier alpha value is -0.530. The van der Waals surface area contributed by atoms with Crippen LogP contribution >= 0.6 is 0 Å². The minimum atomic E-state index is 0.410. The number of nitrogens with zero attached hydrogens (tertiary/aromatic N) is 1.